The van der Waals surface area contributed by atoms with Gasteiger partial charge in [0.2, 0.25) is 0 Å². The Hall–Kier alpha value is -2.36. The van der Waals surface area contributed by atoms with Crippen molar-refractivity contribution in [3.63, 3.8) is 0 Å². The fraction of sp³-hybridized carbons (Fsp3) is 0.0769. The molecule has 0 aliphatic rings. The topological polar surface area (TPSA) is 59.4 Å². The van der Waals surface area contributed by atoms with E-state index in [1.54, 1.807) is 6.07 Å². The van der Waals surface area contributed by atoms with Gasteiger partial charge in [-0.05, 0) is 18.2 Å². The van der Waals surface area contributed by atoms with E-state index in [1.165, 1.54) is 12.3 Å². The molecule has 1 aromatic carbocycles. The summed E-state index contributed by atoms with van der Waals surface area (Å²) in [6.45, 7) is 0.372. The van der Waals surface area contributed by atoms with Gasteiger partial charge in [-0.1, -0.05) is 24.3 Å². The number of aromatic nitrogens is 1. The molecule has 1 heterocycles. The van der Waals surface area contributed by atoms with Crippen molar-refractivity contribution in [1.29, 1.82) is 0 Å². The molecule has 86 valence electrons. The second-order valence-corrected chi connectivity index (χ2v) is 3.46. The summed E-state index contributed by atoms with van der Waals surface area (Å²) in [5, 5.41) is 8.69. The number of aromatic carboxylic acids is 1. The van der Waals surface area contributed by atoms with Crippen molar-refractivity contribution in [2.45, 2.75) is 6.61 Å². The number of ether oxygens (including phenoxy) is 1. The first-order valence-electron chi connectivity index (χ1n) is 5.12. The lowest BCUT2D eigenvalue weighted by Crippen LogP contribution is -2.02. The highest BCUT2D eigenvalue weighted by Gasteiger charge is 2.03. The zero-order valence-corrected chi connectivity index (χ0v) is 9.04. The number of rotatable bonds is 4. The summed E-state index contributed by atoms with van der Waals surface area (Å²) in [7, 11) is 0. The Morgan fingerprint density at radius 1 is 1.18 bits per heavy atom. The van der Waals surface area contributed by atoms with Crippen molar-refractivity contribution in [2.24, 2.45) is 0 Å². The van der Waals surface area contributed by atoms with E-state index >= 15 is 0 Å². The molecule has 0 radical (unpaired) electrons. The second kappa shape index (κ2) is 5.12. The Bertz CT molecular complexity index is 494. The largest absolute Gasteiger partial charge is 0.489 e. The predicted molar refractivity (Wildman–Crippen MR) is 62.0 cm³/mol. The van der Waals surface area contributed by atoms with Crippen molar-refractivity contribution < 1.29 is 14.6 Å². The summed E-state index contributed by atoms with van der Waals surface area (Å²) >= 11 is 0. The summed E-state index contributed by atoms with van der Waals surface area (Å²) in [5.74, 6) is -0.254. The van der Waals surface area contributed by atoms with Crippen LogP contribution in [-0.2, 0) is 6.61 Å². The molecule has 0 atom stereocenters. The number of hydrogen-bond donors (Lipinski definition) is 1. The van der Waals surface area contributed by atoms with Crippen molar-refractivity contribution in [1.82, 2.24) is 4.98 Å². The van der Waals surface area contributed by atoms with Gasteiger partial charge in [-0.25, -0.2) is 9.78 Å². The number of carbonyl (C=O) groups is 1. The van der Waals surface area contributed by atoms with Gasteiger partial charge in [0.05, 0.1) is 0 Å². The van der Waals surface area contributed by atoms with Gasteiger partial charge in [0.15, 0.2) is 0 Å². The average Bonchev–Trinajstić information content (AvgIpc) is 2.38. The number of carboxylic acids is 1. The second-order valence-electron chi connectivity index (χ2n) is 3.46. The summed E-state index contributed by atoms with van der Waals surface area (Å²) in [6.07, 6.45) is 1.51. The van der Waals surface area contributed by atoms with E-state index in [4.69, 9.17) is 9.84 Å². The van der Waals surface area contributed by atoms with Crippen LogP contribution in [0.15, 0.2) is 48.7 Å². The molecule has 0 saturated carbocycles. The Morgan fingerprint density at radius 3 is 2.53 bits per heavy atom. The molecular weight excluding hydrogens is 218 g/mol. The highest BCUT2D eigenvalue weighted by molar-refractivity contribution is 5.85. The quantitative estimate of drug-likeness (QED) is 0.874. The Morgan fingerprint density at radius 2 is 1.94 bits per heavy atom. The molecule has 0 unspecified atom stereocenters. The smallest absolute Gasteiger partial charge is 0.354 e. The van der Waals surface area contributed by atoms with Gasteiger partial charge in [0, 0.05) is 11.8 Å². The molecule has 2 rings (SSSR count). The van der Waals surface area contributed by atoms with Gasteiger partial charge in [-0.2, -0.15) is 0 Å². The van der Waals surface area contributed by atoms with Crippen LogP contribution in [-0.4, -0.2) is 16.1 Å². The van der Waals surface area contributed by atoms with Gasteiger partial charge >= 0.3 is 5.97 Å². The maximum Gasteiger partial charge on any atom is 0.354 e. The van der Waals surface area contributed by atoms with Crippen LogP contribution < -0.4 is 4.74 Å². The zero-order chi connectivity index (χ0) is 12.1. The van der Waals surface area contributed by atoms with Crippen LogP contribution >= 0.6 is 0 Å². The number of pyridine rings is 1. The van der Waals surface area contributed by atoms with Crippen LogP contribution in [0, 0.1) is 0 Å². The van der Waals surface area contributed by atoms with E-state index in [0.29, 0.717) is 6.61 Å². The lowest BCUT2D eigenvalue weighted by Gasteiger charge is -2.05. The van der Waals surface area contributed by atoms with Crippen LogP contribution in [0.5, 0.6) is 5.75 Å². The molecule has 1 aromatic heterocycles. The molecule has 2 aromatic rings. The van der Waals surface area contributed by atoms with E-state index in [0.717, 1.165) is 11.3 Å². The Balaban J connectivity index is 1.98. The molecule has 0 bridgehead atoms. The third-order valence-electron chi connectivity index (χ3n) is 2.19. The van der Waals surface area contributed by atoms with Crippen molar-refractivity contribution in [3.8, 4) is 5.75 Å². The Labute approximate surface area is 98.5 Å². The first-order valence-corrected chi connectivity index (χ1v) is 5.12. The first kappa shape index (κ1) is 11.1. The van der Waals surface area contributed by atoms with E-state index < -0.39 is 5.97 Å². The van der Waals surface area contributed by atoms with Gasteiger partial charge < -0.3 is 9.84 Å². The fourth-order valence-electron chi connectivity index (χ4n) is 1.32. The van der Waals surface area contributed by atoms with Crippen molar-refractivity contribution in [3.05, 3.63) is 59.9 Å². The minimum atomic E-state index is -1.03. The van der Waals surface area contributed by atoms with E-state index in [-0.39, 0.29) is 5.69 Å². The minimum Gasteiger partial charge on any atom is -0.489 e. The summed E-state index contributed by atoms with van der Waals surface area (Å²) in [4.78, 5) is 14.4. The lowest BCUT2D eigenvalue weighted by atomic mass is 10.2. The molecular formula is C13H11NO3. The molecule has 0 spiro atoms. The molecule has 0 saturated heterocycles. The molecule has 0 aliphatic carbocycles. The van der Waals surface area contributed by atoms with E-state index in [2.05, 4.69) is 4.98 Å². The molecule has 4 nitrogen and oxygen atoms in total. The maximum absolute atomic E-state index is 10.6. The third kappa shape index (κ3) is 3.04. The van der Waals surface area contributed by atoms with Crippen LogP contribution in [0.25, 0.3) is 0 Å². The number of benzene rings is 1. The summed E-state index contributed by atoms with van der Waals surface area (Å²) in [6, 6.07) is 12.6. The van der Waals surface area contributed by atoms with Crippen LogP contribution in [0.1, 0.15) is 16.1 Å². The number of hydrogen-bond acceptors (Lipinski definition) is 3. The van der Waals surface area contributed by atoms with Crippen molar-refractivity contribution in [2.75, 3.05) is 0 Å². The monoisotopic (exact) mass is 229 g/mol. The summed E-state index contributed by atoms with van der Waals surface area (Å²) in [5.41, 5.74) is 0.868. The van der Waals surface area contributed by atoms with Gasteiger partial charge in [0.25, 0.3) is 0 Å². The minimum absolute atomic E-state index is 0.0356. The fourth-order valence-corrected chi connectivity index (χ4v) is 1.32. The number of para-hydroxylation sites is 1. The van der Waals surface area contributed by atoms with Crippen molar-refractivity contribution >= 4 is 5.97 Å². The zero-order valence-electron chi connectivity index (χ0n) is 9.04. The van der Waals surface area contributed by atoms with E-state index in [1.807, 2.05) is 30.3 Å². The predicted octanol–water partition coefficient (Wildman–Crippen LogP) is 2.36. The molecule has 0 aliphatic heterocycles. The van der Waals surface area contributed by atoms with Gasteiger partial charge in [-0.3, -0.25) is 0 Å². The maximum atomic E-state index is 10.6. The lowest BCUT2D eigenvalue weighted by molar-refractivity contribution is 0.0690. The Kier molecular flexibility index (Phi) is 3.35. The number of nitrogens with zero attached hydrogens (tertiary/aromatic N) is 1. The SMILES string of the molecule is O=C(O)c1ccc(COc2ccccc2)cn1. The summed E-state index contributed by atoms with van der Waals surface area (Å²) < 4.78 is 5.50. The van der Waals surface area contributed by atoms with Crippen LogP contribution in [0.2, 0.25) is 0 Å². The van der Waals surface area contributed by atoms with Crippen LogP contribution in [0.3, 0.4) is 0 Å². The molecule has 0 amide bonds. The normalized spacial score (nSPS) is 9.88. The van der Waals surface area contributed by atoms with Gasteiger partial charge in [-0.15, -0.1) is 0 Å². The highest BCUT2D eigenvalue weighted by atomic mass is 16.5. The standard InChI is InChI=1S/C13H11NO3/c15-13(16)12-7-6-10(8-14-12)9-17-11-4-2-1-3-5-11/h1-8H,9H2,(H,15,16). The molecule has 4 heteroatoms. The van der Waals surface area contributed by atoms with E-state index in [9.17, 15) is 4.79 Å². The average molecular weight is 229 g/mol. The highest BCUT2D eigenvalue weighted by Crippen LogP contribution is 2.11. The van der Waals surface area contributed by atoms with Gasteiger partial charge in [0.1, 0.15) is 18.1 Å². The first-order chi connectivity index (χ1) is 8.25. The molecule has 1 N–H and O–H groups in total. The van der Waals surface area contributed by atoms with Crippen LogP contribution in [0.4, 0.5) is 0 Å². The molecule has 0 fully saturated rings. The molecule has 17 heavy (non-hydrogen) atoms. The third-order valence-corrected chi connectivity index (χ3v) is 2.19. The number of carboxylic acid groups (broad SMARTS) is 1.